The summed E-state index contributed by atoms with van der Waals surface area (Å²) in [6, 6.07) is 13.5. The molecule has 118 heavy (non-hydrogen) atoms. The Labute approximate surface area is 703 Å². The Morgan fingerprint density at radius 1 is 0.466 bits per heavy atom. The minimum Gasteiger partial charge on any atom is -0.447 e. The van der Waals surface area contributed by atoms with E-state index >= 15 is 0 Å². The summed E-state index contributed by atoms with van der Waals surface area (Å²) in [6.45, 7) is 37.1. The number of carbonyl (C=O) groups excluding carboxylic acids is 2. The SMILES string of the molecule is CC(C1CCN(C)CC1)n1cccn1.CCC(C1CCN(C)CC1)N(CC)C(C)=O.CCN(C(C)=O)C(C)(C)C1CCN(C)CC1.CCN(Cc1cnco1)C1CCN(C)CC1.CN1CCC(N(CCF)Cc2cnco2)CC1.CN1CCC(N(Cc2ccccc2)CC(F)(F)F)CC1.CN1CCC(N(Cc2cnco2)CC(F)(F)F)CC1. The average Bonchev–Trinajstić information content (AvgIpc) is 1.71. The van der Waals surface area contributed by atoms with Gasteiger partial charge in [0.2, 0.25) is 11.8 Å². The van der Waals surface area contributed by atoms with Gasteiger partial charge in [0.15, 0.2) is 19.2 Å². The lowest BCUT2D eigenvalue weighted by Gasteiger charge is -2.46. The molecule has 0 N–H and O–H groups in total. The van der Waals surface area contributed by atoms with Gasteiger partial charge in [0, 0.05) is 88.2 Å². The number of aromatic nitrogens is 5. The molecule has 2 amide bonds. The van der Waals surface area contributed by atoms with Gasteiger partial charge in [-0.2, -0.15) is 31.4 Å². The van der Waals surface area contributed by atoms with Crippen molar-refractivity contribution in [3.8, 4) is 0 Å². The number of piperidine rings is 7. The van der Waals surface area contributed by atoms with Crippen molar-refractivity contribution in [2.24, 2.45) is 17.8 Å². The van der Waals surface area contributed by atoms with E-state index in [1.54, 1.807) is 24.9 Å². The summed E-state index contributed by atoms with van der Waals surface area (Å²) in [5.41, 5.74) is 0.942. The Hall–Kier alpha value is -5.93. The number of amides is 2. The fraction of sp³-hybridized carbons (Fsp3) is 0.773. The predicted molar refractivity (Wildman–Crippen MR) is 455 cm³/mol. The van der Waals surface area contributed by atoms with E-state index in [9.17, 15) is 40.3 Å². The van der Waals surface area contributed by atoms with Gasteiger partial charge in [0.05, 0.1) is 57.4 Å². The van der Waals surface area contributed by atoms with Crippen LogP contribution in [-0.2, 0) is 35.8 Å². The van der Waals surface area contributed by atoms with E-state index in [2.05, 4.69) is 164 Å². The van der Waals surface area contributed by atoms with Crippen molar-refractivity contribution in [3.63, 3.8) is 0 Å². The molecule has 1 aromatic carbocycles. The summed E-state index contributed by atoms with van der Waals surface area (Å²) < 4.78 is 107. The highest BCUT2D eigenvalue weighted by molar-refractivity contribution is 5.74. The molecule has 7 saturated heterocycles. The topological polar surface area (TPSA) is 172 Å². The fourth-order valence-corrected chi connectivity index (χ4v) is 18.0. The van der Waals surface area contributed by atoms with Gasteiger partial charge < -0.3 is 57.4 Å². The Morgan fingerprint density at radius 3 is 1.16 bits per heavy atom. The van der Waals surface area contributed by atoms with Crippen molar-refractivity contribution in [2.45, 2.75) is 239 Å². The molecule has 23 nitrogen and oxygen atoms in total. The number of hydrogen-bond donors (Lipinski definition) is 0. The molecule has 672 valence electrons. The maximum atomic E-state index is 12.8. The second kappa shape index (κ2) is 52.5. The number of oxazole rings is 3. The van der Waals surface area contributed by atoms with Crippen LogP contribution in [0.5, 0.6) is 0 Å². The number of nitrogens with zero attached hydrogens (tertiary/aromatic N) is 18. The van der Waals surface area contributed by atoms with Gasteiger partial charge in [0.1, 0.15) is 24.0 Å². The Balaban J connectivity index is 0.000000214. The van der Waals surface area contributed by atoms with Crippen LogP contribution in [0.25, 0.3) is 0 Å². The van der Waals surface area contributed by atoms with Crippen molar-refractivity contribution >= 4 is 11.8 Å². The monoisotopic (exact) mass is 1670 g/mol. The highest BCUT2D eigenvalue weighted by Gasteiger charge is 2.40. The summed E-state index contributed by atoms with van der Waals surface area (Å²) in [4.78, 5) is 62.8. The summed E-state index contributed by atoms with van der Waals surface area (Å²) >= 11 is 0. The van der Waals surface area contributed by atoms with E-state index in [1.807, 2.05) is 67.8 Å². The van der Waals surface area contributed by atoms with Gasteiger partial charge >= 0.3 is 12.4 Å². The number of alkyl halides is 7. The zero-order valence-corrected chi connectivity index (χ0v) is 74.8. The Kier molecular flexibility index (Phi) is 44.9. The lowest BCUT2D eigenvalue weighted by molar-refractivity contribution is -0.155. The third-order valence-corrected chi connectivity index (χ3v) is 25.5. The predicted octanol–water partition coefficient (Wildman–Crippen LogP) is 14.1. The highest BCUT2D eigenvalue weighted by Crippen LogP contribution is 2.34. The fourth-order valence-electron chi connectivity index (χ4n) is 18.0. The molecule has 5 aromatic rings. The van der Waals surface area contributed by atoms with E-state index in [-0.39, 0.29) is 42.7 Å². The normalized spacial score (nSPS) is 19.8. The van der Waals surface area contributed by atoms with Crippen LogP contribution in [0.1, 0.15) is 188 Å². The quantitative estimate of drug-likeness (QED) is 0.0478. The van der Waals surface area contributed by atoms with Crippen LogP contribution in [0.4, 0.5) is 30.7 Å². The van der Waals surface area contributed by atoms with Crippen LogP contribution < -0.4 is 0 Å². The summed E-state index contributed by atoms with van der Waals surface area (Å²) in [5, 5.41) is 4.31. The largest absolute Gasteiger partial charge is 0.447 e. The third-order valence-electron chi connectivity index (χ3n) is 25.5. The van der Waals surface area contributed by atoms with Crippen LogP contribution in [-0.4, -0.2) is 335 Å². The van der Waals surface area contributed by atoms with E-state index in [1.165, 1.54) is 121 Å². The first-order valence-corrected chi connectivity index (χ1v) is 43.9. The standard InChI is InChI=1S/C15H21F3N2.2C13H26N2O.C12H18F3N3O.C12H20FN3O.C12H21N3O.C11H19N3/c1-19-9-7-14(8-10-19)20(12-15(16,17)18)11-13-5-3-2-4-6-13;1-6-15(11(2)16)13(3,4)12-7-9-14(5)10-8-12;1-5-13(15(6-2)11(3)16)12-7-9-14(4)10-8-12;1-17-4-2-10(3-5-17)18(8-12(13,14)15)7-11-6-16-9-19-11;1-15-5-2-11(3-6-15)16(7-4-13)9-12-8-14-10-17-12;1-3-15(9-12-8-13-10-16-12)11-4-6-14(2)7-5-11;1-10(14-7-3-6-12-14)11-4-8-13(2)9-5-11/h2-6,14H,7-12H2,1H3;12H,6-10H2,1-5H3;12-13H,5-10H2,1-4H3;6,9-10H,2-5,7-8H2,1H3;8,10-11H,2-7,9H2,1H3;8,10-11H,3-7,9H2,1-2H3;3,6-7,10-11H,4-5,8-9H2,1-2H3. The molecule has 7 aliphatic rings. The second-order valence-electron chi connectivity index (χ2n) is 34.6. The van der Waals surface area contributed by atoms with Crippen LogP contribution in [0.3, 0.4) is 0 Å². The van der Waals surface area contributed by atoms with Gasteiger partial charge in [-0.3, -0.25) is 33.9 Å². The molecule has 0 radical (unpaired) electrons. The third kappa shape index (κ3) is 36.6. The molecule has 4 aromatic heterocycles. The van der Waals surface area contributed by atoms with Crippen molar-refractivity contribution < 1.29 is 53.6 Å². The minimum atomic E-state index is -4.19. The van der Waals surface area contributed by atoms with Crippen LogP contribution in [0, 0.1) is 17.8 Å². The van der Waals surface area contributed by atoms with Crippen molar-refractivity contribution in [1.82, 2.24) is 88.4 Å². The first-order chi connectivity index (χ1) is 56.2. The summed E-state index contributed by atoms with van der Waals surface area (Å²) in [6.07, 6.45) is 21.2. The molecule has 2 unspecified atom stereocenters. The molecule has 0 saturated carbocycles. The molecule has 0 spiro atoms. The number of halogens is 7. The lowest BCUT2D eigenvalue weighted by Crippen LogP contribution is -2.54. The average molecular weight is 1670 g/mol. The molecule has 11 heterocycles. The van der Waals surface area contributed by atoms with Crippen LogP contribution >= 0.6 is 0 Å². The zero-order valence-electron chi connectivity index (χ0n) is 74.8. The maximum absolute atomic E-state index is 12.8. The zero-order chi connectivity index (χ0) is 86.4. The van der Waals surface area contributed by atoms with Crippen LogP contribution in [0.2, 0.25) is 0 Å². The van der Waals surface area contributed by atoms with Gasteiger partial charge in [0.25, 0.3) is 0 Å². The molecular weight excluding hydrogens is 1520 g/mol. The molecular formula is C88H151F7N18O5. The number of likely N-dealkylation sites (tertiary alicyclic amines) is 7. The molecule has 12 rings (SSSR count). The smallest absolute Gasteiger partial charge is 0.401 e. The van der Waals surface area contributed by atoms with Crippen molar-refractivity contribution in [1.29, 1.82) is 0 Å². The first-order valence-electron chi connectivity index (χ1n) is 43.9. The van der Waals surface area contributed by atoms with E-state index in [4.69, 9.17) is 13.3 Å². The number of hydrogen-bond acceptors (Lipinski definition) is 20. The summed E-state index contributed by atoms with van der Waals surface area (Å²) in [7, 11) is 14.9. The van der Waals surface area contributed by atoms with Gasteiger partial charge in [-0.1, -0.05) is 44.2 Å². The van der Waals surface area contributed by atoms with Gasteiger partial charge in [-0.25, -0.2) is 19.3 Å². The molecule has 0 aliphatic carbocycles. The first kappa shape index (κ1) is 101. The van der Waals surface area contributed by atoms with E-state index in [0.717, 1.165) is 146 Å². The maximum Gasteiger partial charge on any atom is 0.401 e. The van der Waals surface area contributed by atoms with Crippen molar-refractivity contribution in [3.05, 3.63) is 109 Å². The number of carbonyl (C=O) groups is 2. The van der Waals surface area contributed by atoms with Gasteiger partial charge in [-0.15, -0.1) is 0 Å². The molecule has 7 aliphatic heterocycles. The summed E-state index contributed by atoms with van der Waals surface area (Å²) in [5.74, 6) is 4.82. The van der Waals surface area contributed by atoms with Crippen molar-refractivity contribution in [2.75, 3.05) is 187 Å². The highest BCUT2D eigenvalue weighted by atomic mass is 19.4. The Morgan fingerprint density at radius 2 is 0.831 bits per heavy atom. The minimum absolute atomic E-state index is 0.00183. The van der Waals surface area contributed by atoms with E-state index in [0.29, 0.717) is 61.4 Å². The van der Waals surface area contributed by atoms with Crippen LogP contribution in [0.15, 0.2) is 99.8 Å². The lowest BCUT2D eigenvalue weighted by atomic mass is 9.79. The molecule has 0 bridgehead atoms. The molecule has 7 fully saturated rings. The number of rotatable bonds is 26. The van der Waals surface area contributed by atoms with E-state index < -0.39 is 25.4 Å². The second-order valence-corrected chi connectivity index (χ2v) is 34.6. The number of benzene rings is 1. The Bertz CT molecular complexity index is 3330. The molecule has 30 heteroatoms. The van der Waals surface area contributed by atoms with Gasteiger partial charge in [-0.05, 0) is 308 Å². The molecule has 2 atom stereocenters.